The molecule has 0 spiro atoms. The van der Waals surface area contributed by atoms with Crippen molar-refractivity contribution in [3.8, 4) is 6.07 Å². The zero-order valence-electron chi connectivity index (χ0n) is 24.6. The Morgan fingerprint density at radius 3 is 2.29 bits per heavy atom. The molecule has 4 unspecified atom stereocenters. The quantitative estimate of drug-likeness (QED) is 0.425. The lowest BCUT2D eigenvalue weighted by molar-refractivity contribution is -0.128. The first-order valence-corrected chi connectivity index (χ1v) is 14.2. The lowest BCUT2D eigenvalue weighted by Crippen LogP contribution is -2.55. The van der Waals surface area contributed by atoms with Gasteiger partial charge in [0.25, 0.3) is 0 Å². The minimum atomic E-state index is -0.793. The molecule has 1 aliphatic carbocycles. The Labute approximate surface area is 240 Å². The summed E-state index contributed by atoms with van der Waals surface area (Å²) in [6, 6.07) is 14.1. The second-order valence-corrected chi connectivity index (χ2v) is 13.1. The number of hydrogen-bond acceptors (Lipinski definition) is 6. The maximum absolute atomic E-state index is 13.5. The maximum atomic E-state index is 13.5. The summed E-state index contributed by atoms with van der Waals surface area (Å²) in [4.78, 5) is 41.2. The number of hydrogen-bond donors (Lipinski definition) is 1. The fourth-order valence-electron chi connectivity index (χ4n) is 6.18. The SMILES string of the molecule is CC(C)(C)OC(=O)N1C2CCC(C2)C1C(=O)NC(C#N)Cc1ccc2c(c1)c1ccccc1n2C(=O)OC(C)(C)C. The predicted octanol–water partition coefficient (Wildman–Crippen LogP) is 5.92. The van der Waals surface area contributed by atoms with E-state index in [1.54, 1.807) is 9.47 Å². The first kappa shape index (κ1) is 28.5. The fourth-order valence-corrected chi connectivity index (χ4v) is 6.18. The van der Waals surface area contributed by atoms with Crippen molar-refractivity contribution in [3.05, 3.63) is 48.0 Å². The second-order valence-electron chi connectivity index (χ2n) is 13.1. The molecule has 2 aromatic carbocycles. The van der Waals surface area contributed by atoms with E-state index in [4.69, 9.17) is 9.47 Å². The Kier molecular flexibility index (Phi) is 7.22. The van der Waals surface area contributed by atoms with E-state index < -0.39 is 35.5 Å². The van der Waals surface area contributed by atoms with Gasteiger partial charge in [0.1, 0.15) is 23.3 Å². The average molecular weight is 559 g/mol. The molecule has 41 heavy (non-hydrogen) atoms. The van der Waals surface area contributed by atoms with Gasteiger partial charge in [0.05, 0.1) is 17.1 Å². The molecule has 9 nitrogen and oxygen atoms in total. The molecule has 216 valence electrons. The fraction of sp³-hybridized carbons (Fsp3) is 0.500. The molecule has 1 saturated heterocycles. The zero-order valence-corrected chi connectivity index (χ0v) is 24.6. The summed E-state index contributed by atoms with van der Waals surface area (Å²) in [5.74, 6) is -0.264. The molecular formula is C32H38N4O5. The van der Waals surface area contributed by atoms with Gasteiger partial charge in [-0.2, -0.15) is 5.26 Å². The first-order valence-electron chi connectivity index (χ1n) is 14.2. The summed E-state index contributed by atoms with van der Waals surface area (Å²) in [5.41, 5.74) is 0.966. The van der Waals surface area contributed by atoms with E-state index >= 15 is 0 Å². The molecule has 3 aromatic rings. The third-order valence-electron chi connectivity index (χ3n) is 7.68. The standard InChI is InChI=1S/C32H38N4O5/c1-31(2,3)40-29(38)35-22-13-12-20(17-22)27(35)28(37)34-21(18-33)15-19-11-14-26-24(16-19)23-9-7-8-10-25(23)36(26)30(39)41-32(4,5)6/h7-11,14,16,20-22,27H,12-13,15,17H2,1-6H3,(H,34,37). The predicted molar refractivity (Wildman–Crippen MR) is 155 cm³/mol. The van der Waals surface area contributed by atoms with Crippen LogP contribution in [0.3, 0.4) is 0 Å². The number of ether oxygens (including phenoxy) is 2. The van der Waals surface area contributed by atoms with Gasteiger partial charge in [-0.15, -0.1) is 0 Å². The third kappa shape index (κ3) is 5.74. The Morgan fingerprint density at radius 2 is 1.61 bits per heavy atom. The van der Waals surface area contributed by atoms with E-state index in [0.29, 0.717) is 5.52 Å². The topological polar surface area (TPSA) is 114 Å². The van der Waals surface area contributed by atoms with Gasteiger partial charge < -0.3 is 14.8 Å². The number of amides is 2. The van der Waals surface area contributed by atoms with Crippen LogP contribution in [0.25, 0.3) is 21.8 Å². The van der Waals surface area contributed by atoms with Gasteiger partial charge in [-0.3, -0.25) is 9.69 Å². The summed E-state index contributed by atoms with van der Waals surface area (Å²) in [6.07, 6.45) is 1.83. The van der Waals surface area contributed by atoms with Crippen LogP contribution in [0.1, 0.15) is 66.4 Å². The molecule has 2 aliphatic rings. The van der Waals surface area contributed by atoms with Crippen molar-refractivity contribution in [3.63, 3.8) is 0 Å². The van der Waals surface area contributed by atoms with Crippen LogP contribution >= 0.6 is 0 Å². The highest BCUT2D eigenvalue weighted by molar-refractivity contribution is 6.12. The van der Waals surface area contributed by atoms with E-state index in [0.717, 1.165) is 41.1 Å². The number of nitriles is 1. The molecular weight excluding hydrogens is 520 g/mol. The van der Waals surface area contributed by atoms with Crippen LogP contribution < -0.4 is 5.32 Å². The van der Waals surface area contributed by atoms with Gasteiger partial charge in [-0.25, -0.2) is 14.2 Å². The molecule has 2 bridgehead atoms. The lowest BCUT2D eigenvalue weighted by atomic mass is 9.97. The van der Waals surface area contributed by atoms with E-state index in [1.165, 1.54) is 0 Å². The molecule has 2 heterocycles. The molecule has 0 radical (unpaired) electrons. The van der Waals surface area contributed by atoms with Gasteiger partial charge in [0.15, 0.2) is 0 Å². The van der Waals surface area contributed by atoms with E-state index in [9.17, 15) is 19.6 Å². The summed E-state index contributed by atoms with van der Waals surface area (Å²) >= 11 is 0. The van der Waals surface area contributed by atoms with Crippen molar-refractivity contribution < 1.29 is 23.9 Å². The number of nitrogens with one attached hydrogen (secondary N) is 1. The van der Waals surface area contributed by atoms with E-state index in [2.05, 4.69) is 11.4 Å². The van der Waals surface area contributed by atoms with Crippen LogP contribution in [-0.4, -0.2) is 56.9 Å². The van der Waals surface area contributed by atoms with E-state index in [-0.39, 0.29) is 24.3 Å². The molecule has 1 saturated carbocycles. The summed E-state index contributed by atoms with van der Waals surface area (Å²) < 4.78 is 12.9. The van der Waals surface area contributed by atoms with Crippen LogP contribution in [0, 0.1) is 17.2 Å². The molecule has 2 amide bonds. The van der Waals surface area contributed by atoms with Gasteiger partial charge in [-0.05, 0) is 90.5 Å². The van der Waals surface area contributed by atoms with Gasteiger partial charge in [-0.1, -0.05) is 24.3 Å². The molecule has 4 atom stereocenters. The van der Waals surface area contributed by atoms with Gasteiger partial charge in [0, 0.05) is 23.2 Å². The normalized spacial score (nSPS) is 21.1. The van der Waals surface area contributed by atoms with Crippen LogP contribution in [0.5, 0.6) is 0 Å². The van der Waals surface area contributed by atoms with Crippen LogP contribution in [0.2, 0.25) is 0 Å². The van der Waals surface area contributed by atoms with Crippen LogP contribution in [0.4, 0.5) is 9.59 Å². The number of fused-ring (bicyclic) bond motifs is 5. The number of nitrogens with zero attached hydrogens (tertiary/aromatic N) is 3. The zero-order chi connectivity index (χ0) is 29.7. The van der Waals surface area contributed by atoms with Crippen LogP contribution in [-0.2, 0) is 20.7 Å². The number of carbonyl (C=O) groups excluding carboxylic acids is 3. The number of rotatable bonds is 4. The summed E-state index contributed by atoms with van der Waals surface area (Å²) in [6.45, 7) is 10.9. The molecule has 1 N–H and O–H groups in total. The van der Waals surface area contributed by atoms with Gasteiger partial charge in [0.2, 0.25) is 5.91 Å². The summed E-state index contributed by atoms with van der Waals surface area (Å²) in [7, 11) is 0. The second kappa shape index (κ2) is 10.4. The number of aromatic nitrogens is 1. The highest BCUT2D eigenvalue weighted by Gasteiger charge is 2.52. The minimum Gasteiger partial charge on any atom is -0.444 e. The number of likely N-dealkylation sites (tertiary alicyclic amines) is 1. The Bertz CT molecular complexity index is 1550. The number of para-hydroxylation sites is 1. The van der Waals surface area contributed by atoms with Crippen molar-refractivity contribution in [2.45, 2.75) is 96.6 Å². The lowest BCUT2D eigenvalue weighted by Gasteiger charge is -2.35. The maximum Gasteiger partial charge on any atom is 0.419 e. The molecule has 2 fully saturated rings. The van der Waals surface area contributed by atoms with Crippen molar-refractivity contribution in [1.82, 2.24) is 14.8 Å². The van der Waals surface area contributed by atoms with Crippen molar-refractivity contribution in [2.75, 3.05) is 0 Å². The molecule has 9 heteroatoms. The van der Waals surface area contributed by atoms with Crippen molar-refractivity contribution in [2.24, 2.45) is 5.92 Å². The minimum absolute atomic E-state index is 0.0177. The first-order chi connectivity index (χ1) is 19.3. The van der Waals surface area contributed by atoms with E-state index in [1.807, 2.05) is 84.0 Å². The number of benzene rings is 2. The van der Waals surface area contributed by atoms with Gasteiger partial charge >= 0.3 is 12.2 Å². The van der Waals surface area contributed by atoms with Crippen LogP contribution in [0.15, 0.2) is 42.5 Å². The van der Waals surface area contributed by atoms with Crippen molar-refractivity contribution in [1.29, 1.82) is 5.26 Å². The Morgan fingerprint density at radius 1 is 0.951 bits per heavy atom. The molecule has 5 rings (SSSR count). The average Bonchev–Trinajstić information content (AvgIpc) is 3.58. The highest BCUT2D eigenvalue weighted by atomic mass is 16.6. The monoisotopic (exact) mass is 558 g/mol. The number of piperidine rings is 1. The summed E-state index contributed by atoms with van der Waals surface area (Å²) in [5, 5.41) is 14.6. The Balaban J connectivity index is 1.38. The number of carbonyl (C=O) groups is 3. The largest absolute Gasteiger partial charge is 0.444 e. The van der Waals surface area contributed by atoms with Crippen molar-refractivity contribution >= 4 is 39.9 Å². The highest BCUT2D eigenvalue weighted by Crippen LogP contribution is 2.43. The molecule has 1 aliphatic heterocycles. The smallest absolute Gasteiger partial charge is 0.419 e. The molecule has 1 aromatic heterocycles. The Hall–Kier alpha value is -4.06. The third-order valence-corrected chi connectivity index (χ3v) is 7.68.